The van der Waals surface area contributed by atoms with E-state index in [2.05, 4.69) is 20.4 Å². The van der Waals surface area contributed by atoms with Crippen molar-refractivity contribution < 1.29 is 9.59 Å². The highest BCUT2D eigenvalue weighted by atomic mass is 32.1. The number of rotatable bonds is 3. The smallest absolute Gasteiger partial charge is 0.321 e. The van der Waals surface area contributed by atoms with Crippen molar-refractivity contribution in [3.05, 3.63) is 16.6 Å². The maximum Gasteiger partial charge on any atom is 0.321 e. The standard InChI is InChI=1S/C18H25N3O2S/c1-10(2)19-17(23)20-16(22)15-14(9-24-21-15)18-6-11-3-12(7-18)5-13(4-11)8-18/h9-13H,3-8H2,1-2H3,(H2,19,20,22,23). The first-order valence-electron chi connectivity index (χ1n) is 9.02. The Bertz CT molecular complexity index is 632. The van der Waals surface area contributed by atoms with E-state index in [1.54, 1.807) is 0 Å². The zero-order valence-corrected chi connectivity index (χ0v) is 15.1. The molecular formula is C18H25N3O2S. The first-order chi connectivity index (χ1) is 11.4. The number of hydrogen-bond donors (Lipinski definition) is 2. The summed E-state index contributed by atoms with van der Waals surface area (Å²) in [6.45, 7) is 3.74. The molecular weight excluding hydrogens is 322 g/mol. The first kappa shape index (κ1) is 16.1. The number of hydrogen-bond acceptors (Lipinski definition) is 4. The summed E-state index contributed by atoms with van der Waals surface area (Å²) < 4.78 is 4.36. The van der Waals surface area contributed by atoms with E-state index in [-0.39, 0.29) is 17.4 Å². The number of carbonyl (C=O) groups excluding carboxylic acids is 2. The molecule has 0 spiro atoms. The summed E-state index contributed by atoms with van der Waals surface area (Å²) >= 11 is 1.34. The number of carbonyl (C=O) groups is 2. The predicted molar refractivity (Wildman–Crippen MR) is 93.1 cm³/mol. The highest BCUT2D eigenvalue weighted by Crippen LogP contribution is 2.61. The molecule has 2 N–H and O–H groups in total. The van der Waals surface area contributed by atoms with Gasteiger partial charge in [0, 0.05) is 17.0 Å². The molecule has 0 saturated heterocycles. The van der Waals surface area contributed by atoms with Crippen LogP contribution in [0.25, 0.3) is 0 Å². The summed E-state index contributed by atoms with van der Waals surface area (Å²) in [6.07, 6.45) is 7.68. The monoisotopic (exact) mass is 347 g/mol. The zero-order valence-electron chi connectivity index (χ0n) is 14.3. The Morgan fingerprint density at radius 1 is 1.17 bits per heavy atom. The van der Waals surface area contributed by atoms with Gasteiger partial charge in [-0.1, -0.05) is 0 Å². The molecule has 1 heterocycles. The lowest BCUT2D eigenvalue weighted by Gasteiger charge is -2.56. The minimum atomic E-state index is -0.445. The van der Waals surface area contributed by atoms with E-state index in [9.17, 15) is 9.59 Å². The van der Waals surface area contributed by atoms with E-state index in [0.29, 0.717) is 5.69 Å². The van der Waals surface area contributed by atoms with Gasteiger partial charge in [-0.3, -0.25) is 10.1 Å². The van der Waals surface area contributed by atoms with E-state index in [1.165, 1.54) is 50.1 Å². The average Bonchev–Trinajstić information content (AvgIpc) is 2.94. The van der Waals surface area contributed by atoms with Crippen molar-refractivity contribution in [2.45, 2.75) is 63.8 Å². The largest absolute Gasteiger partial charge is 0.336 e. The Hall–Kier alpha value is -1.43. The number of nitrogens with zero attached hydrogens (tertiary/aromatic N) is 1. The van der Waals surface area contributed by atoms with Crippen molar-refractivity contribution in [2.75, 3.05) is 0 Å². The third kappa shape index (κ3) is 2.75. The minimum absolute atomic E-state index is 0.00384. The molecule has 1 aromatic rings. The average molecular weight is 347 g/mol. The molecule has 24 heavy (non-hydrogen) atoms. The minimum Gasteiger partial charge on any atom is -0.336 e. The molecule has 5 nitrogen and oxygen atoms in total. The van der Waals surface area contributed by atoms with Gasteiger partial charge in [0.05, 0.1) is 0 Å². The van der Waals surface area contributed by atoms with Crippen LogP contribution in [0.3, 0.4) is 0 Å². The SMILES string of the molecule is CC(C)NC(=O)NC(=O)c1nscc1C12CC3CC(CC(C3)C1)C2. The number of nitrogens with one attached hydrogen (secondary N) is 2. The molecule has 4 aliphatic rings. The van der Waals surface area contributed by atoms with E-state index < -0.39 is 6.03 Å². The highest BCUT2D eigenvalue weighted by molar-refractivity contribution is 7.03. The molecule has 4 bridgehead atoms. The van der Waals surface area contributed by atoms with E-state index in [0.717, 1.165) is 23.3 Å². The Labute approximate surface area is 146 Å². The summed E-state index contributed by atoms with van der Waals surface area (Å²) in [4.78, 5) is 24.4. The Morgan fingerprint density at radius 3 is 2.29 bits per heavy atom. The van der Waals surface area contributed by atoms with Gasteiger partial charge in [-0.25, -0.2) is 4.79 Å². The lowest BCUT2D eigenvalue weighted by molar-refractivity contribution is -0.00545. The van der Waals surface area contributed by atoms with Gasteiger partial charge in [0.25, 0.3) is 5.91 Å². The van der Waals surface area contributed by atoms with Crippen LogP contribution in [-0.4, -0.2) is 22.4 Å². The summed E-state index contributed by atoms with van der Waals surface area (Å²) in [5.41, 5.74) is 1.70. The van der Waals surface area contributed by atoms with Gasteiger partial charge in [-0.2, -0.15) is 4.37 Å². The van der Waals surface area contributed by atoms with Gasteiger partial charge < -0.3 is 5.32 Å². The molecule has 0 aliphatic heterocycles. The molecule has 0 unspecified atom stereocenters. The molecule has 0 atom stereocenters. The number of urea groups is 1. The van der Waals surface area contributed by atoms with Gasteiger partial charge in [0.15, 0.2) is 0 Å². The van der Waals surface area contributed by atoms with Crippen molar-refractivity contribution in [1.29, 1.82) is 0 Å². The molecule has 1 aromatic heterocycles. The van der Waals surface area contributed by atoms with Crippen molar-refractivity contribution in [1.82, 2.24) is 15.0 Å². The fourth-order valence-electron chi connectivity index (χ4n) is 5.68. The Kier molecular flexibility index (Phi) is 3.90. The van der Waals surface area contributed by atoms with Crippen molar-refractivity contribution in [3.8, 4) is 0 Å². The van der Waals surface area contributed by atoms with Crippen molar-refractivity contribution in [3.63, 3.8) is 0 Å². The Morgan fingerprint density at radius 2 is 1.75 bits per heavy atom. The zero-order chi connectivity index (χ0) is 16.9. The molecule has 6 heteroatoms. The van der Waals surface area contributed by atoms with Gasteiger partial charge in [-0.15, -0.1) is 0 Å². The first-order valence-corrected chi connectivity index (χ1v) is 9.85. The summed E-state index contributed by atoms with van der Waals surface area (Å²) in [7, 11) is 0. The normalized spacial score (nSPS) is 33.7. The topological polar surface area (TPSA) is 71.1 Å². The fourth-order valence-corrected chi connectivity index (χ4v) is 6.48. The third-order valence-corrected chi connectivity index (χ3v) is 6.67. The van der Waals surface area contributed by atoms with Crippen LogP contribution in [0.4, 0.5) is 4.79 Å². The number of aromatic nitrogens is 1. The van der Waals surface area contributed by atoms with Crippen molar-refractivity contribution in [2.24, 2.45) is 17.8 Å². The lowest BCUT2D eigenvalue weighted by atomic mass is 9.48. The summed E-state index contributed by atoms with van der Waals surface area (Å²) in [6, 6.07) is -0.449. The van der Waals surface area contributed by atoms with Gasteiger partial charge in [-0.05, 0) is 87.1 Å². The van der Waals surface area contributed by atoms with Crippen LogP contribution in [0.2, 0.25) is 0 Å². The van der Waals surface area contributed by atoms with Crippen LogP contribution < -0.4 is 10.6 Å². The van der Waals surface area contributed by atoms with Crippen LogP contribution in [0.15, 0.2) is 5.38 Å². The van der Waals surface area contributed by atoms with Crippen LogP contribution in [0, 0.1) is 17.8 Å². The molecule has 130 valence electrons. The third-order valence-electron chi connectivity index (χ3n) is 6.04. The number of amides is 3. The molecule has 5 rings (SSSR count). The highest BCUT2D eigenvalue weighted by Gasteiger charge is 2.53. The van der Waals surface area contributed by atoms with Crippen LogP contribution in [0.5, 0.6) is 0 Å². The quantitative estimate of drug-likeness (QED) is 0.879. The Balaban J connectivity index is 1.57. The van der Waals surface area contributed by atoms with Crippen LogP contribution in [0.1, 0.15) is 68.4 Å². The molecule has 4 fully saturated rings. The maximum atomic E-state index is 12.6. The second-order valence-electron chi connectivity index (χ2n) is 8.36. The van der Waals surface area contributed by atoms with E-state index in [1.807, 2.05) is 13.8 Å². The van der Waals surface area contributed by atoms with Gasteiger partial charge in [0.2, 0.25) is 0 Å². The molecule has 4 aliphatic carbocycles. The van der Waals surface area contributed by atoms with E-state index >= 15 is 0 Å². The maximum absolute atomic E-state index is 12.6. The predicted octanol–water partition coefficient (Wildman–Crippen LogP) is 3.46. The second-order valence-corrected chi connectivity index (χ2v) is 8.99. The fraction of sp³-hybridized carbons (Fsp3) is 0.722. The number of imide groups is 1. The van der Waals surface area contributed by atoms with Crippen molar-refractivity contribution >= 4 is 23.5 Å². The summed E-state index contributed by atoms with van der Waals surface area (Å²) in [5.74, 6) is 2.09. The van der Waals surface area contributed by atoms with E-state index in [4.69, 9.17) is 0 Å². The molecule has 0 aromatic carbocycles. The molecule has 0 radical (unpaired) electrons. The second kappa shape index (κ2) is 5.83. The van der Waals surface area contributed by atoms with Crippen LogP contribution in [-0.2, 0) is 5.41 Å². The van der Waals surface area contributed by atoms with Crippen LogP contribution >= 0.6 is 11.5 Å². The molecule has 3 amide bonds. The molecule has 4 saturated carbocycles. The van der Waals surface area contributed by atoms with Gasteiger partial charge in [0.1, 0.15) is 5.69 Å². The van der Waals surface area contributed by atoms with Gasteiger partial charge >= 0.3 is 6.03 Å². The summed E-state index contributed by atoms with van der Waals surface area (Å²) in [5, 5.41) is 7.19. The lowest BCUT2D eigenvalue weighted by Crippen LogP contribution is -2.49.